The number of anilines is 1. The van der Waals surface area contributed by atoms with E-state index in [4.69, 9.17) is 0 Å². The first-order chi connectivity index (χ1) is 11.3. The van der Waals surface area contributed by atoms with E-state index in [2.05, 4.69) is 41.9 Å². The first-order valence-corrected chi connectivity index (χ1v) is 10.6. The highest BCUT2D eigenvalue weighted by molar-refractivity contribution is 7.90. The number of nitrogens with one attached hydrogen (secondary N) is 2. The second-order valence-electron chi connectivity index (χ2n) is 7.34. The molecule has 5 nitrogen and oxygen atoms in total. The van der Waals surface area contributed by atoms with Crippen LogP contribution in [0.15, 0.2) is 18.3 Å². The van der Waals surface area contributed by atoms with Crippen LogP contribution < -0.4 is 10.0 Å². The number of unbranched alkanes of at least 4 members (excludes halogenated alkanes) is 2. The highest BCUT2D eigenvalue weighted by Gasteiger charge is 2.35. The molecule has 0 unspecified atom stereocenters. The van der Waals surface area contributed by atoms with E-state index in [0.29, 0.717) is 13.1 Å². The van der Waals surface area contributed by atoms with Crippen molar-refractivity contribution >= 4 is 15.8 Å². The predicted molar refractivity (Wildman–Crippen MR) is 99.8 cm³/mol. The first kappa shape index (κ1) is 19.2. The van der Waals surface area contributed by atoms with Crippen molar-refractivity contribution in [2.75, 3.05) is 18.4 Å². The van der Waals surface area contributed by atoms with E-state index in [-0.39, 0.29) is 10.7 Å². The van der Waals surface area contributed by atoms with Crippen LogP contribution in [0, 0.1) is 0 Å². The largest absolute Gasteiger partial charge is 0.369 e. The van der Waals surface area contributed by atoms with Crippen molar-refractivity contribution in [3.05, 3.63) is 23.9 Å². The maximum atomic E-state index is 11.7. The van der Waals surface area contributed by atoms with Gasteiger partial charge in [0, 0.05) is 19.3 Å². The van der Waals surface area contributed by atoms with E-state index in [1.807, 2.05) is 12.3 Å². The molecule has 0 aliphatic heterocycles. The summed E-state index contributed by atoms with van der Waals surface area (Å²) in [5.41, 5.74) is 1.39. The van der Waals surface area contributed by atoms with Crippen molar-refractivity contribution in [1.82, 2.24) is 9.71 Å². The Kier molecular flexibility index (Phi) is 6.63. The van der Waals surface area contributed by atoms with Gasteiger partial charge in [-0.05, 0) is 36.3 Å². The molecule has 1 aliphatic carbocycles. The third-order valence-corrected chi connectivity index (χ3v) is 6.60. The van der Waals surface area contributed by atoms with E-state index in [1.54, 1.807) is 0 Å². The van der Waals surface area contributed by atoms with Gasteiger partial charge in [-0.15, -0.1) is 0 Å². The zero-order valence-corrected chi connectivity index (χ0v) is 16.0. The summed E-state index contributed by atoms with van der Waals surface area (Å²) in [6.07, 6.45) is 8.43. The first-order valence-electron chi connectivity index (χ1n) is 9.04. The number of sulfonamides is 1. The third-order valence-electron chi connectivity index (χ3n) is 4.65. The summed E-state index contributed by atoms with van der Waals surface area (Å²) in [4.78, 5) is 4.47. The Balaban J connectivity index is 1.77. The number of pyridine rings is 1. The minimum Gasteiger partial charge on any atom is -0.369 e. The van der Waals surface area contributed by atoms with Gasteiger partial charge in [0.15, 0.2) is 0 Å². The summed E-state index contributed by atoms with van der Waals surface area (Å²) < 4.78 is 26.1. The average Bonchev–Trinajstić information content (AvgIpc) is 3.38. The molecule has 2 N–H and O–H groups in total. The number of rotatable bonds is 11. The third kappa shape index (κ3) is 5.74. The van der Waals surface area contributed by atoms with Gasteiger partial charge in [0.2, 0.25) is 10.0 Å². The van der Waals surface area contributed by atoms with Crippen molar-refractivity contribution in [3.8, 4) is 0 Å². The minimum atomic E-state index is -3.09. The normalized spacial score (nSPS) is 15.5. The zero-order chi connectivity index (χ0) is 17.6. The standard InChI is InChI=1S/C18H31N3O2S/c1-4-5-6-11-18(2,3)15-7-10-17(20-14-15)19-12-13-21-24(22,23)16-8-9-16/h7,10,14,16,21H,4-6,8-9,11-13H2,1-3H3,(H,19,20). The maximum Gasteiger partial charge on any atom is 0.214 e. The molecule has 1 aromatic rings. The Morgan fingerprint density at radius 1 is 1.21 bits per heavy atom. The van der Waals surface area contributed by atoms with Crippen molar-refractivity contribution in [2.45, 2.75) is 70.0 Å². The SMILES string of the molecule is CCCCCC(C)(C)c1ccc(NCCNS(=O)(=O)C2CC2)nc1. The molecule has 1 fully saturated rings. The summed E-state index contributed by atoms with van der Waals surface area (Å²) in [6, 6.07) is 4.10. The Hall–Kier alpha value is -1.14. The van der Waals surface area contributed by atoms with Crippen molar-refractivity contribution in [2.24, 2.45) is 0 Å². The van der Waals surface area contributed by atoms with Crippen LogP contribution in [0.1, 0.15) is 64.9 Å². The second kappa shape index (κ2) is 8.30. The molecule has 0 atom stereocenters. The minimum absolute atomic E-state index is 0.139. The van der Waals surface area contributed by atoms with Gasteiger partial charge in [0.25, 0.3) is 0 Å². The molecule has 1 aliphatic rings. The van der Waals surface area contributed by atoms with Gasteiger partial charge >= 0.3 is 0 Å². The Bertz CT molecular complexity index is 608. The molecule has 0 spiro atoms. The van der Waals surface area contributed by atoms with E-state index in [0.717, 1.165) is 25.1 Å². The molecule has 1 heterocycles. The lowest BCUT2D eigenvalue weighted by molar-refractivity contribution is 0.449. The zero-order valence-electron chi connectivity index (χ0n) is 15.1. The van der Waals surface area contributed by atoms with Crippen molar-refractivity contribution < 1.29 is 8.42 Å². The molecule has 1 saturated carbocycles. The predicted octanol–water partition coefficient (Wildman–Crippen LogP) is 3.43. The second-order valence-corrected chi connectivity index (χ2v) is 9.38. The van der Waals surface area contributed by atoms with Crippen molar-refractivity contribution in [1.29, 1.82) is 0 Å². The Labute approximate surface area is 146 Å². The maximum absolute atomic E-state index is 11.7. The lowest BCUT2D eigenvalue weighted by Gasteiger charge is -2.25. The van der Waals surface area contributed by atoms with Gasteiger partial charge in [-0.25, -0.2) is 18.1 Å². The van der Waals surface area contributed by atoms with E-state index in [1.165, 1.54) is 24.8 Å². The highest BCUT2D eigenvalue weighted by Crippen LogP contribution is 2.29. The lowest BCUT2D eigenvalue weighted by atomic mass is 9.81. The summed E-state index contributed by atoms with van der Waals surface area (Å²) in [5, 5.41) is 3.01. The number of hydrogen-bond acceptors (Lipinski definition) is 4. The number of nitrogens with zero attached hydrogens (tertiary/aromatic N) is 1. The summed E-state index contributed by atoms with van der Waals surface area (Å²) in [6.45, 7) is 7.68. The van der Waals surface area contributed by atoms with Crippen LogP contribution in [-0.2, 0) is 15.4 Å². The molecular weight excluding hydrogens is 322 g/mol. The van der Waals surface area contributed by atoms with Gasteiger partial charge < -0.3 is 5.32 Å². The lowest BCUT2D eigenvalue weighted by Crippen LogP contribution is -2.31. The van der Waals surface area contributed by atoms with E-state index < -0.39 is 10.0 Å². The molecule has 24 heavy (non-hydrogen) atoms. The molecule has 0 bridgehead atoms. The number of hydrogen-bond donors (Lipinski definition) is 2. The Morgan fingerprint density at radius 3 is 2.54 bits per heavy atom. The molecule has 0 aromatic carbocycles. The monoisotopic (exact) mass is 353 g/mol. The summed E-state index contributed by atoms with van der Waals surface area (Å²) in [5.74, 6) is 0.786. The number of aromatic nitrogens is 1. The molecule has 1 aromatic heterocycles. The van der Waals surface area contributed by atoms with Crippen LogP contribution in [0.4, 0.5) is 5.82 Å². The van der Waals surface area contributed by atoms with E-state index >= 15 is 0 Å². The molecule has 2 rings (SSSR count). The van der Waals surface area contributed by atoms with Gasteiger partial charge in [-0.2, -0.15) is 0 Å². The molecule has 6 heteroatoms. The van der Waals surface area contributed by atoms with Gasteiger partial charge in [0.05, 0.1) is 5.25 Å². The van der Waals surface area contributed by atoms with Gasteiger partial charge in [0.1, 0.15) is 5.82 Å². The fourth-order valence-electron chi connectivity index (χ4n) is 2.74. The molecule has 0 radical (unpaired) electrons. The van der Waals surface area contributed by atoms with Crippen LogP contribution in [-0.4, -0.2) is 31.7 Å². The van der Waals surface area contributed by atoms with Crippen LogP contribution >= 0.6 is 0 Å². The molecule has 0 amide bonds. The topological polar surface area (TPSA) is 71.1 Å². The van der Waals surface area contributed by atoms with Crippen LogP contribution in [0.2, 0.25) is 0 Å². The summed E-state index contributed by atoms with van der Waals surface area (Å²) >= 11 is 0. The highest BCUT2D eigenvalue weighted by atomic mass is 32.2. The molecule has 136 valence electrons. The van der Waals surface area contributed by atoms with Crippen LogP contribution in [0.25, 0.3) is 0 Å². The molecular formula is C18H31N3O2S. The van der Waals surface area contributed by atoms with E-state index in [9.17, 15) is 8.42 Å². The van der Waals surface area contributed by atoms with Crippen LogP contribution in [0.5, 0.6) is 0 Å². The average molecular weight is 354 g/mol. The summed E-state index contributed by atoms with van der Waals surface area (Å²) in [7, 11) is -3.09. The Morgan fingerprint density at radius 2 is 1.96 bits per heavy atom. The molecule has 0 saturated heterocycles. The van der Waals surface area contributed by atoms with Crippen molar-refractivity contribution in [3.63, 3.8) is 0 Å². The quantitative estimate of drug-likeness (QED) is 0.598. The fraction of sp³-hybridized carbons (Fsp3) is 0.722. The van der Waals surface area contributed by atoms with Gasteiger partial charge in [-0.1, -0.05) is 46.1 Å². The fourth-order valence-corrected chi connectivity index (χ4v) is 4.12. The van der Waals surface area contributed by atoms with Gasteiger partial charge in [-0.3, -0.25) is 0 Å². The smallest absolute Gasteiger partial charge is 0.214 e. The van der Waals surface area contributed by atoms with Crippen LogP contribution in [0.3, 0.4) is 0 Å².